The molecular weight excluding hydrogens is 348 g/mol. The van der Waals surface area contributed by atoms with E-state index in [1.54, 1.807) is 29.8 Å². The van der Waals surface area contributed by atoms with Crippen molar-refractivity contribution in [2.24, 2.45) is 0 Å². The molecule has 0 spiro atoms. The fourth-order valence-corrected chi connectivity index (χ4v) is 3.48. The summed E-state index contributed by atoms with van der Waals surface area (Å²) in [5.74, 6) is -0.600. The van der Waals surface area contributed by atoms with Crippen LogP contribution in [0.2, 0.25) is 0 Å². The molecule has 1 N–H and O–H groups in total. The Balaban J connectivity index is 1.60. The van der Waals surface area contributed by atoms with E-state index in [0.29, 0.717) is 22.7 Å². The first-order valence-corrected chi connectivity index (χ1v) is 9.09. The molecule has 0 radical (unpaired) electrons. The lowest BCUT2D eigenvalue weighted by Gasteiger charge is -2.25. The second-order valence-electron chi connectivity index (χ2n) is 6.17. The molecule has 26 heavy (non-hydrogen) atoms. The van der Waals surface area contributed by atoms with Crippen molar-refractivity contribution in [2.75, 3.05) is 5.32 Å². The van der Waals surface area contributed by atoms with Crippen molar-refractivity contribution in [1.82, 2.24) is 4.98 Å². The number of nitrogens with zero attached hydrogens (tertiary/aromatic N) is 1. The summed E-state index contributed by atoms with van der Waals surface area (Å²) in [6.45, 7) is 2.01. The van der Waals surface area contributed by atoms with Gasteiger partial charge in [0.15, 0.2) is 5.13 Å². The van der Waals surface area contributed by atoms with Gasteiger partial charge in [-0.2, -0.15) is 0 Å². The number of ether oxygens (including phenoxy) is 1. The molecule has 130 valence electrons. The first-order chi connectivity index (χ1) is 12.6. The van der Waals surface area contributed by atoms with Crippen LogP contribution in [0, 0.1) is 6.92 Å². The molecule has 1 atom stereocenters. The number of hydrogen-bond acceptors (Lipinski definition) is 5. The van der Waals surface area contributed by atoms with Gasteiger partial charge in [0.2, 0.25) is 0 Å². The Hall–Kier alpha value is -2.99. The Labute approximate surface area is 154 Å². The molecular formula is C20H16N2O3S. The average molecular weight is 364 g/mol. The number of nitrogens with one attached hydrogen (secondary N) is 1. The number of cyclic esters (lactones) is 1. The molecule has 0 saturated heterocycles. The molecule has 1 unspecified atom stereocenters. The van der Waals surface area contributed by atoms with Gasteiger partial charge in [0, 0.05) is 23.6 Å². The lowest BCUT2D eigenvalue weighted by molar-refractivity contribution is 0.0252. The van der Waals surface area contributed by atoms with Crippen LogP contribution in [-0.2, 0) is 11.2 Å². The van der Waals surface area contributed by atoms with E-state index in [1.807, 2.05) is 31.2 Å². The van der Waals surface area contributed by atoms with Crippen LogP contribution in [0.5, 0.6) is 0 Å². The topological polar surface area (TPSA) is 68.3 Å². The molecule has 4 rings (SSSR count). The summed E-state index contributed by atoms with van der Waals surface area (Å²) < 4.78 is 5.58. The largest absolute Gasteiger partial charge is 0.454 e. The summed E-state index contributed by atoms with van der Waals surface area (Å²) in [5, 5.41) is 5.10. The maximum absolute atomic E-state index is 12.4. The maximum Gasteiger partial charge on any atom is 0.339 e. The first-order valence-electron chi connectivity index (χ1n) is 8.21. The minimum atomic E-state index is -0.358. The van der Waals surface area contributed by atoms with Gasteiger partial charge in [0.05, 0.1) is 5.56 Å². The number of esters is 1. The molecule has 1 amide bonds. The Kier molecular flexibility index (Phi) is 4.26. The van der Waals surface area contributed by atoms with Crippen molar-refractivity contribution in [1.29, 1.82) is 0 Å². The van der Waals surface area contributed by atoms with Crippen molar-refractivity contribution >= 4 is 28.3 Å². The van der Waals surface area contributed by atoms with E-state index in [-0.39, 0.29) is 18.0 Å². The Morgan fingerprint density at radius 3 is 2.77 bits per heavy atom. The third-order valence-electron chi connectivity index (χ3n) is 4.34. The van der Waals surface area contributed by atoms with Crippen molar-refractivity contribution in [3.05, 3.63) is 81.9 Å². The molecule has 6 heteroatoms. The molecule has 0 saturated carbocycles. The highest BCUT2D eigenvalue weighted by molar-refractivity contribution is 7.13. The Bertz CT molecular complexity index is 965. The number of rotatable bonds is 3. The number of thiazole rings is 1. The van der Waals surface area contributed by atoms with Gasteiger partial charge in [-0.1, -0.05) is 29.8 Å². The Morgan fingerprint density at radius 1 is 1.23 bits per heavy atom. The quantitative estimate of drug-likeness (QED) is 0.709. The number of hydrogen-bond donors (Lipinski definition) is 1. The first kappa shape index (κ1) is 16.5. The Morgan fingerprint density at radius 2 is 2.04 bits per heavy atom. The molecule has 1 aliphatic heterocycles. The molecule has 2 heterocycles. The molecule has 1 aliphatic rings. The lowest BCUT2D eigenvalue weighted by Crippen LogP contribution is -2.23. The summed E-state index contributed by atoms with van der Waals surface area (Å²) in [6.07, 6.45) is 1.84. The van der Waals surface area contributed by atoms with Crippen molar-refractivity contribution in [2.45, 2.75) is 19.4 Å². The van der Waals surface area contributed by atoms with Crippen LogP contribution in [0.1, 0.15) is 43.5 Å². The number of benzene rings is 2. The van der Waals surface area contributed by atoms with Gasteiger partial charge in [0.1, 0.15) is 6.10 Å². The van der Waals surface area contributed by atoms with Gasteiger partial charge in [-0.05, 0) is 36.2 Å². The molecule has 3 aromatic rings. The predicted molar refractivity (Wildman–Crippen MR) is 99.5 cm³/mol. The monoisotopic (exact) mass is 364 g/mol. The second-order valence-corrected chi connectivity index (χ2v) is 7.07. The van der Waals surface area contributed by atoms with Crippen molar-refractivity contribution in [3.63, 3.8) is 0 Å². The van der Waals surface area contributed by atoms with Crippen molar-refractivity contribution < 1.29 is 14.3 Å². The maximum atomic E-state index is 12.4. The standard InChI is InChI=1S/C20H16N2O3S/c1-12-2-4-13(5-3-12)17-11-15-10-14(6-7-16(15)19(24)25-17)18(23)22-20-21-8-9-26-20/h2-10,17H,11H2,1H3,(H,21,22,23). The number of anilines is 1. The zero-order valence-corrected chi connectivity index (χ0v) is 14.9. The van der Waals surface area contributed by atoms with Crippen LogP contribution in [0.15, 0.2) is 54.0 Å². The van der Waals surface area contributed by atoms with Crippen LogP contribution >= 0.6 is 11.3 Å². The van der Waals surface area contributed by atoms with Crippen molar-refractivity contribution in [3.8, 4) is 0 Å². The number of carbonyl (C=O) groups excluding carboxylic acids is 2. The van der Waals surface area contributed by atoms with Crippen LogP contribution < -0.4 is 5.32 Å². The number of amides is 1. The van der Waals surface area contributed by atoms with Gasteiger partial charge in [0.25, 0.3) is 5.91 Å². The second kappa shape index (κ2) is 6.72. The van der Waals surface area contributed by atoms with Gasteiger partial charge in [-0.15, -0.1) is 11.3 Å². The summed E-state index contributed by atoms with van der Waals surface area (Å²) >= 11 is 1.36. The third kappa shape index (κ3) is 3.23. The number of carbonyl (C=O) groups is 2. The predicted octanol–water partition coefficient (Wildman–Crippen LogP) is 4.16. The minimum Gasteiger partial charge on any atom is -0.454 e. The summed E-state index contributed by atoms with van der Waals surface area (Å²) in [6, 6.07) is 13.0. The number of fused-ring (bicyclic) bond motifs is 1. The fraction of sp³-hybridized carbons (Fsp3) is 0.150. The van der Waals surface area contributed by atoms with Crippen LogP contribution in [-0.4, -0.2) is 16.9 Å². The molecule has 0 fully saturated rings. The summed E-state index contributed by atoms with van der Waals surface area (Å²) in [4.78, 5) is 28.8. The van der Waals surface area contributed by atoms with Gasteiger partial charge >= 0.3 is 5.97 Å². The average Bonchev–Trinajstić information content (AvgIpc) is 3.14. The molecule has 0 aliphatic carbocycles. The van der Waals surface area contributed by atoms with E-state index in [4.69, 9.17) is 4.74 Å². The minimum absolute atomic E-state index is 0.242. The summed E-state index contributed by atoms with van der Waals surface area (Å²) in [7, 11) is 0. The van der Waals surface area contributed by atoms with Gasteiger partial charge in [-0.25, -0.2) is 9.78 Å². The zero-order chi connectivity index (χ0) is 18.1. The smallest absolute Gasteiger partial charge is 0.339 e. The summed E-state index contributed by atoms with van der Waals surface area (Å²) in [5.41, 5.74) is 3.93. The highest BCUT2D eigenvalue weighted by atomic mass is 32.1. The van der Waals surface area contributed by atoms with Gasteiger partial charge < -0.3 is 4.74 Å². The van der Waals surface area contributed by atoms with E-state index >= 15 is 0 Å². The van der Waals surface area contributed by atoms with E-state index in [0.717, 1.165) is 16.7 Å². The highest BCUT2D eigenvalue weighted by Crippen LogP contribution is 2.31. The molecule has 0 bridgehead atoms. The fourth-order valence-electron chi connectivity index (χ4n) is 2.96. The van der Waals surface area contributed by atoms with Crippen LogP contribution in [0.25, 0.3) is 0 Å². The zero-order valence-electron chi connectivity index (χ0n) is 14.1. The molecule has 2 aromatic carbocycles. The number of aryl methyl sites for hydroxylation is 1. The highest BCUT2D eigenvalue weighted by Gasteiger charge is 2.28. The molecule has 1 aromatic heterocycles. The van der Waals surface area contributed by atoms with Gasteiger partial charge in [-0.3, -0.25) is 10.1 Å². The van der Waals surface area contributed by atoms with E-state index < -0.39 is 0 Å². The normalized spacial score (nSPS) is 15.9. The lowest BCUT2D eigenvalue weighted by atomic mass is 9.93. The molecule has 5 nitrogen and oxygen atoms in total. The van der Waals surface area contributed by atoms with E-state index in [9.17, 15) is 9.59 Å². The SMILES string of the molecule is Cc1ccc(C2Cc3cc(C(=O)Nc4nccs4)ccc3C(=O)O2)cc1. The third-order valence-corrected chi connectivity index (χ3v) is 5.03. The van der Waals surface area contributed by atoms with E-state index in [2.05, 4.69) is 10.3 Å². The van der Waals surface area contributed by atoms with Crippen LogP contribution in [0.3, 0.4) is 0 Å². The number of aromatic nitrogens is 1. The van der Waals surface area contributed by atoms with E-state index in [1.165, 1.54) is 11.3 Å². The van der Waals surface area contributed by atoms with Crippen LogP contribution in [0.4, 0.5) is 5.13 Å².